The van der Waals surface area contributed by atoms with Gasteiger partial charge in [0.05, 0.1) is 31.0 Å². The molecule has 0 aromatic heterocycles. The van der Waals surface area contributed by atoms with Crippen LogP contribution in [0.15, 0.2) is 23.8 Å². The number of aliphatic hydroxyl groups is 8. The molecular weight excluding hydrogens is 696 g/mol. The van der Waals surface area contributed by atoms with Gasteiger partial charge in [0.15, 0.2) is 12.6 Å². The summed E-state index contributed by atoms with van der Waals surface area (Å²) in [5.41, 5.74) is 0.837. The molecule has 0 amide bonds. The van der Waals surface area contributed by atoms with E-state index in [2.05, 4.69) is 61.1 Å². The third-order valence-electron chi connectivity index (χ3n) is 16.0. The molecule has 8 N–H and O–H groups in total. The van der Waals surface area contributed by atoms with Gasteiger partial charge >= 0.3 is 0 Å². The Labute approximate surface area is 321 Å². The van der Waals surface area contributed by atoms with Crippen molar-refractivity contribution in [3.63, 3.8) is 0 Å². The number of hydrogen-bond acceptors (Lipinski definition) is 12. The van der Waals surface area contributed by atoms with Crippen molar-refractivity contribution in [2.24, 2.45) is 45.3 Å². The minimum Gasteiger partial charge on any atom is -0.394 e. The van der Waals surface area contributed by atoms with Crippen molar-refractivity contribution in [3.05, 3.63) is 23.8 Å². The number of allylic oxidation sites excluding steroid dienone is 3. The van der Waals surface area contributed by atoms with Crippen LogP contribution in [0.3, 0.4) is 0 Å². The summed E-state index contributed by atoms with van der Waals surface area (Å²) in [6.45, 7) is 20.8. The first-order valence-electron chi connectivity index (χ1n) is 20.4. The second-order valence-electron chi connectivity index (χ2n) is 19.6. The topological polar surface area (TPSA) is 199 Å². The lowest BCUT2D eigenvalue weighted by Crippen LogP contribution is -2.71. The van der Waals surface area contributed by atoms with Gasteiger partial charge in [-0.05, 0) is 117 Å². The van der Waals surface area contributed by atoms with Gasteiger partial charge < -0.3 is 59.8 Å². The van der Waals surface area contributed by atoms with E-state index in [0.717, 1.165) is 32.1 Å². The normalized spacial score (nSPS) is 52.9. The van der Waals surface area contributed by atoms with Gasteiger partial charge in [-0.25, -0.2) is 0 Å². The molecule has 310 valence electrons. The molecule has 0 aromatic carbocycles. The van der Waals surface area contributed by atoms with E-state index >= 15 is 0 Å². The molecule has 4 saturated carbocycles. The highest BCUT2D eigenvalue weighted by molar-refractivity contribution is 5.24. The standard InChI is InChI=1S/C42H70O12/c1-20(2)11-10-12-21(3)23-13-16-41(8)29(23)24(44)17-27-40(7)15-14-28(45)39(5,6)36(40)25(18-42(27,41)9)52-38-35(33(49)31(47)26(19-43)53-38)54-37-34(50)32(48)30(46)22(4)51-37/h11,22-38,43-50H,3,10,12-19H2,1-2,4-9H3/t22-,23+,24-,25+,26+,27?,28?,29+,30-,31+,32+,33-,34+,35+,36?,37-,38+,40+,41-,42+/m0/s1. The molecule has 0 radical (unpaired) electrons. The Morgan fingerprint density at radius 3 is 2.15 bits per heavy atom. The van der Waals surface area contributed by atoms with E-state index in [-0.39, 0.29) is 39.9 Å². The van der Waals surface area contributed by atoms with Crippen molar-refractivity contribution >= 4 is 0 Å². The first-order chi connectivity index (χ1) is 25.1. The largest absolute Gasteiger partial charge is 0.394 e. The number of ether oxygens (including phenoxy) is 4. The Morgan fingerprint density at radius 2 is 1.50 bits per heavy atom. The molecule has 0 bridgehead atoms. The first-order valence-corrected chi connectivity index (χ1v) is 20.4. The lowest BCUT2D eigenvalue weighted by atomic mass is 9.34. The van der Waals surface area contributed by atoms with Crippen molar-refractivity contribution in [3.8, 4) is 0 Å². The zero-order valence-electron chi connectivity index (χ0n) is 33.7. The third-order valence-corrected chi connectivity index (χ3v) is 16.0. The second-order valence-corrected chi connectivity index (χ2v) is 19.6. The summed E-state index contributed by atoms with van der Waals surface area (Å²) in [7, 11) is 0. The zero-order chi connectivity index (χ0) is 39.9. The first kappa shape index (κ1) is 42.6. The fraction of sp³-hybridized carbons (Fsp3) is 0.905. The molecule has 3 unspecified atom stereocenters. The Kier molecular flexibility index (Phi) is 12.1. The SMILES string of the molecule is C=C(CCC=C(C)C)[C@H]1CC[C@@]2(C)[C@H]1[C@@H](O)CC1[C@@]3(C)CCC(O)C(C)(C)C3[C@H](O[C@@H]3O[C@H](CO)[C@@H](O)[C@H](O)[C@H]3O[C@@H]3O[C@@H](C)[C@H](O)[C@@H](O)[C@H]3O)C[C@]12C. The maximum atomic E-state index is 12.2. The summed E-state index contributed by atoms with van der Waals surface area (Å²) >= 11 is 0. The van der Waals surface area contributed by atoms with E-state index < -0.39 is 91.7 Å². The number of fused-ring (bicyclic) bond motifs is 5. The summed E-state index contributed by atoms with van der Waals surface area (Å²) in [4.78, 5) is 0. The maximum absolute atomic E-state index is 12.2. The Bertz CT molecular complexity index is 1380. The van der Waals surface area contributed by atoms with Gasteiger partial charge in [0, 0.05) is 0 Å². The zero-order valence-corrected chi connectivity index (χ0v) is 33.7. The van der Waals surface area contributed by atoms with Crippen LogP contribution < -0.4 is 0 Å². The number of hydrogen-bond donors (Lipinski definition) is 8. The van der Waals surface area contributed by atoms with E-state index in [0.29, 0.717) is 19.3 Å². The molecule has 4 aliphatic carbocycles. The fourth-order valence-electron chi connectivity index (χ4n) is 13.0. The van der Waals surface area contributed by atoms with Crippen LogP contribution in [0.2, 0.25) is 0 Å². The molecule has 12 heteroatoms. The van der Waals surface area contributed by atoms with Gasteiger partial charge in [-0.2, -0.15) is 0 Å². The highest BCUT2D eigenvalue weighted by atomic mass is 16.8. The second kappa shape index (κ2) is 15.3. The minimum atomic E-state index is -1.68. The van der Waals surface area contributed by atoms with Crippen molar-refractivity contribution in [1.29, 1.82) is 0 Å². The van der Waals surface area contributed by atoms with Crippen LogP contribution in [0.1, 0.15) is 107 Å². The van der Waals surface area contributed by atoms with Gasteiger partial charge in [0.2, 0.25) is 0 Å². The summed E-state index contributed by atoms with van der Waals surface area (Å²) in [5, 5.41) is 88.2. The monoisotopic (exact) mass is 766 g/mol. The van der Waals surface area contributed by atoms with Crippen LogP contribution in [0, 0.1) is 45.3 Å². The predicted molar refractivity (Wildman–Crippen MR) is 199 cm³/mol. The number of rotatable bonds is 9. The average molecular weight is 767 g/mol. The quantitative estimate of drug-likeness (QED) is 0.126. The van der Waals surface area contributed by atoms with E-state index in [1.807, 2.05) is 0 Å². The maximum Gasteiger partial charge on any atom is 0.187 e. The highest BCUT2D eigenvalue weighted by Crippen LogP contribution is 2.76. The minimum absolute atomic E-state index is 0.00685. The van der Waals surface area contributed by atoms with Gasteiger partial charge in [-0.3, -0.25) is 0 Å². The molecule has 2 heterocycles. The predicted octanol–water partition coefficient (Wildman–Crippen LogP) is 2.95. The molecule has 54 heavy (non-hydrogen) atoms. The average Bonchev–Trinajstić information content (AvgIpc) is 3.48. The van der Waals surface area contributed by atoms with E-state index in [1.54, 1.807) is 0 Å². The Balaban J connectivity index is 1.37. The van der Waals surface area contributed by atoms with Gasteiger partial charge in [0.25, 0.3) is 0 Å². The molecule has 12 nitrogen and oxygen atoms in total. The Hall–Kier alpha value is -1.00. The van der Waals surface area contributed by atoms with E-state index in [1.165, 1.54) is 18.1 Å². The number of aliphatic hydroxyl groups excluding tert-OH is 8. The van der Waals surface area contributed by atoms with Crippen LogP contribution >= 0.6 is 0 Å². The highest BCUT2D eigenvalue weighted by Gasteiger charge is 2.73. The smallest absolute Gasteiger partial charge is 0.187 e. The molecular formula is C42H70O12. The summed E-state index contributed by atoms with van der Waals surface area (Å²) in [6.07, 6.45) is -7.55. The van der Waals surface area contributed by atoms with Crippen LogP contribution in [-0.2, 0) is 18.9 Å². The van der Waals surface area contributed by atoms with Crippen molar-refractivity contribution < 1.29 is 59.8 Å². The van der Waals surface area contributed by atoms with Crippen LogP contribution in [0.4, 0.5) is 0 Å². The van der Waals surface area contributed by atoms with Crippen LogP contribution in [0.25, 0.3) is 0 Å². The third kappa shape index (κ3) is 6.79. The lowest BCUT2D eigenvalue weighted by Gasteiger charge is -2.72. The summed E-state index contributed by atoms with van der Waals surface area (Å²) < 4.78 is 25.2. The molecule has 6 rings (SSSR count). The molecule has 6 fully saturated rings. The van der Waals surface area contributed by atoms with Crippen molar-refractivity contribution in [2.75, 3.05) is 6.61 Å². The lowest BCUT2D eigenvalue weighted by molar-refractivity contribution is -0.381. The molecule has 2 aliphatic heterocycles. The van der Waals surface area contributed by atoms with E-state index in [9.17, 15) is 40.9 Å². The summed E-state index contributed by atoms with van der Waals surface area (Å²) in [6, 6.07) is 0. The van der Waals surface area contributed by atoms with Gasteiger partial charge in [0.1, 0.15) is 42.7 Å². The molecule has 6 aliphatic rings. The molecule has 0 aromatic rings. The van der Waals surface area contributed by atoms with Crippen LogP contribution in [-0.4, -0.2) is 127 Å². The van der Waals surface area contributed by atoms with E-state index in [4.69, 9.17) is 18.9 Å². The fourth-order valence-corrected chi connectivity index (χ4v) is 13.0. The van der Waals surface area contributed by atoms with Gasteiger partial charge in [-0.15, -0.1) is 0 Å². The summed E-state index contributed by atoms with van der Waals surface area (Å²) in [5.74, 6) is 0.0623. The van der Waals surface area contributed by atoms with Crippen molar-refractivity contribution in [2.45, 2.75) is 186 Å². The molecule has 20 atom stereocenters. The Morgan fingerprint density at radius 1 is 0.815 bits per heavy atom. The molecule has 2 saturated heterocycles. The van der Waals surface area contributed by atoms with Crippen LogP contribution in [0.5, 0.6) is 0 Å². The van der Waals surface area contributed by atoms with Crippen molar-refractivity contribution in [1.82, 2.24) is 0 Å². The molecule has 0 spiro atoms. The van der Waals surface area contributed by atoms with Gasteiger partial charge in [-0.1, -0.05) is 58.4 Å².